The molecule has 10 heteroatoms. The molecule has 0 bridgehead atoms. The lowest BCUT2D eigenvalue weighted by Crippen LogP contribution is -2.55. The molecule has 0 aliphatic carbocycles. The molecule has 2 N–H and O–H groups in total. The molecule has 0 aliphatic heterocycles. The van der Waals surface area contributed by atoms with E-state index >= 15 is 0 Å². The smallest absolute Gasteiger partial charge is 0.408 e. The fourth-order valence-corrected chi connectivity index (χ4v) is 5.85. The number of unbranched alkanes of at least 4 members (excludes halogenated alkanes) is 4. The number of thioether (sulfide) groups is 1. The molecule has 0 fully saturated rings. The number of aryl methyl sites for hydroxylation is 1. The van der Waals surface area contributed by atoms with E-state index in [0.717, 1.165) is 36.8 Å². The first-order chi connectivity index (χ1) is 23.0. The van der Waals surface area contributed by atoms with Gasteiger partial charge in [0.15, 0.2) is 0 Å². The molecule has 9 nitrogen and oxygen atoms in total. The second-order valence-electron chi connectivity index (χ2n) is 14.5. The van der Waals surface area contributed by atoms with Crippen LogP contribution in [0.4, 0.5) is 4.79 Å². The van der Waals surface area contributed by atoms with Crippen LogP contribution in [0.15, 0.2) is 54.6 Å². The average molecular weight is 698 g/mol. The van der Waals surface area contributed by atoms with Crippen LogP contribution in [-0.4, -0.2) is 70.6 Å². The third-order valence-electron chi connectivity index (χ3n) is 7.59. The first-order valence-corrected chi connectivity index (χ1v) is 18.9. The number of alkyl carbamates (subject to hydrolysis) is 1. The maximum Gasteiger partial charge on any atom is 0.408 e. The Morgan fingerprint density at radius 2 is 1.47 bits per heavy atom. The van der Waals surface area contributed by atoms with E-state index in [9.17, 15) is 19.2 Å². The molecule has 3 amide bonds. The van der Waals surface area contributed by atoms with Gasteiger partial charge in [-0.05, 0) is 84.4 Å². The predicted octanol–water partition coefficient (Wildman–Crippen LogP) is 7.55. The third-order valence-corrected chi connectivity index (χ3v) is 8.24. The summed E-state index contributed by atoms with van der Waals surface area (Å²) in [4.78, 5) is 57.4. The number of carbonyl (C=O) groups is 4. The van der Waals surface area contributed by atoms with Gasteiger partial charge in [0.1, 0.15) is 29.3 Å². The van der Waals surface area contributed by atoms with Crippen LogP contribution in [0, 0.1) is 6.92 Å². The molecule has 0 spiro atoms. The molecule has 2 aromatic rings. The lowest BCUT2D eigenvalue weighted by Gasteiger charge is -2.35. The second kappa shape index (κ2) is 20.2. The Balaban J connectivity index is 2.62. The zero-order valence-electron chi connectivity index (χ0n) is 31.1. The highest BCUT2D eigenvalue weighted by atomic mass is 32.2. The second-order valence-corrected chi connectivity index (χ2v) is 15.5. The van der Waals surface area contributed by atoms with Crippen molar-refractivity contribution in [3.8, 4) is 0 Å². The SMILES string of the molecule is CCCCCCCN(C(=O)C(CCSC)NC(=O)OC(C)(C)C)C(C(=O)NC(Cc1ccccc1)C(=O)OC(C)(C)C)c1cccc(C)c1. The number of nitrogens with one attached hydrogen (secondary N) is 2. The van der Waals surface area contributed by atoms with E-state index < -0.39 is 47.3 Å². The predicted molar refractivity (Wildman–Crippen MR) is 198 cm³/mol. The Morgan fingerprint density at radius 1 is 0.816 bits per heavy atom. The zero-order valence-corrected chi connectivity index (χ0v) is 31.9. The quantitative estimate of drug-likeness (QED) is 0.122. The van der Waals surface area contributed by atoms with Crippen molar-refractivity contribution in [2.24, 2.45) is 0 Å². The third kappa shape index (κ3) is 15.7. The van der Waals surface area contributed by atoms with Gasteiger partial charge in [-0.2, -0.15) is 11.8 Å². The lowest BCUT2D eigenvalue weighted by molar-refractivity contribution is -0.159. The Kier molecular flexibility index (Phi) is 17.2. The van der Waals surface area contributed by atoms with Gasteiger partial charge in [0, 0.05) is 13.0 Å². The fraction of sp³-hybridized carbons (Fsp3) is 0.590. The Bertz CT molecular complexity index is 1340. The Hall–Kier alpha value is -3.53. The number of benzene rings is 2. The summed E-state index contributed by atoms with van der Waals surface area (Å²) >= 11 is 1.56. The van der Waals surface area contributed by atoms with Crippen LogP contribution in [-0.2, 0) is 30.3 Å². The van der Waals surface area contributed by atoms with Gasteiger partial charge >= 0.3 is 12.1 Å². The number of carbonyl (C=O) groups excluding carboxylic acids is 4. The van der Waals surface area contributed by atoms with Crippen LogP contribution < -0.4 is 10.6 Å². The van der Waals surface area contributed by atoms with E-state index in [2.05, 4.69) is 17.6 Å². The van der Waals surface area contributed by atoms with Crippen molar-refractivity contribution in [1.29, 1.82) is 0 Å². The molecular weight excluding hydrogens is 639 g/mol. The standard InChI is InChI=1S/C39H59N3O6S/c1-10-11-12-13-17-24-42(35(44)31(23-25-49-9)41-37(46)48-39(6,7)8)33(30-22-18-19-28(2)26-30)34(43)40-32(36(45)47-38(3,4)5)27-29-20-15-14-16-21-29/h14-16,18-22,26,31-33H,10-13,17,23-25,27H2,1-9H3,(H,40,43)(H,41,46). The Morgan fingerprint density at radius 3 is 2.06 bits per heavy atom. The molecular formula is C39H59N3O6S. The molecule has 2 rings (SSSR count). The van der Waals surface area contributed by atoms with Crippen molar-refractivity contribution in [3.05, 3.63) is 71.3 Å². The summed E-state index contributed by atoms with van der Waals surface area (Å²) in [5.41, 5.74) is 0.862. The molecule has 0 aliphatic rings. The van der Waals surface area contributed by atoms with E-state index in [0.29, 0.717) is 24.2 Å². The van der Waals surface area contributed by atoms with Gasteiger partial charge in [-0.25, -0.2) is 9.59 Å². The van der Waals surface area contributed by atoms with Crippen molar-refractivity contribution in [1.82, 2.24) is 15.5 Å². The molecule has 49 heavy (non-hydrogen) atoms. The van der Waals surface area contributed by atoms with Crippen LogP contribution >= 0.6 is 11.8 Å². The van der Waals surface area contributed by atoms with Crippen molar-refractivity contribution >= 4 is 35.6 Å². The van der Waals surface area contributed by atoms with Gasteiger partial charge in [0.05, 0.1) is 0 Å². The average Bonchev–Trinajstić information content (AvgIpc) is 3.00. The van der Waals surface area contributed by atoms with Gasteiger partial charge in [-0.15, -0.1) is 0 Å². The van der Waals surface area contributed by atoms with Crippen LogP contribution in [0.2, 0.25) is 0 Å². The molecule has 0 aromatic heterocycles. The Labute approximate surface area is 298 Å². The van der Waals surface area contributed by atoms with Gasteiger partial charge in [-0.3, -0.25) is 9.59 Å². The maximum atomic E-state index is 14.6. The van der Waals surface area contributed by atoms with Crippen LogP contribution in [0.1, 0.15) is 110 Å². The first kappa shape index (κ1) is 41.6. The highest BCUT2D eigenvalue weighted by molar-refractivity contribution is 7.98. The molecule has 3 unspecified atom stereocenters. The van der Waals surface area contributed by atoms with Crippen molar-refractivity contribution in [2.75, 3.05) is 18.6 Å². The van der Waals surface area contributed by atoms with Crippen LogP contribution in [0.3, 0.4) is 0 Å². The molecule has 0 heterocycles. The summed E-state index contributed by atoms with van der Waals surface area (Å²) in [5.74, 6) is -0.834. The van der Waals surface area contributed by atoms with Crippen molar-refractivity contribution in [2.45, 2.75) is 130 Å². The number of hydrogen-bond donors (Lipinski definition) is 2. The maximum absolute atomic E-state index is 14.6. The van der Waals surface area contributed by atoms with E-state index in [4.69, 9.17) is 9.47 Å². The van der Waals surface area contributed by atoms with Gasteiger partial charge in [0.2, 0.25) is 11.8 Å². The number of hydrogen-bond acceptors (Lipinski definition) is 7. The van der Waals surface area contributed by atoms with Crippen molar-refractivity contribution < 1.29 is 28.7 Å². The zero-order chi connectivity index (χ0) is 36.6. The number of amides is 3. The van der Waals surface area contributed by atoms with E-state index in [1.54, 1.807) is 58.2 Å². The summed E-state index contributed by atoms with van der Waals surface area (Å²) < 4.78 is 11.3. The lowest BCUT2D eigenvalue weighted by atomic mass is 9.98. The number of rotatable bonds is 18. The summed E-state index contributed by atoms with van der Waals surface area (Å²) in [5, 5.41) is 5.78. The number of nitrogens with zero attached hydrogens (tertiary/aromatic N) is 1. The largest absolute Gasteiger partial charge is 0.458 e. The summed E-state index contributed by atoms with van der Waals surface area (Å²) in [7, 11) is 0. The normalized spacial score (nSPS) is 13.5. The molecule has 3 atom stereocenters. The van der Waals surface area contributed by atoms with Crippen LogP contribution in [0.25, 0.3) is 0 Å². The first-order valence-electron chi connectivity index (χ1n) is 17.5. The monoisotopic (exact) mass is 697 g/mol. The molecule has 0 radical (unpaired) electrons. The highest BCUT2D eigenvalue weighted by Crippen LogP contribution is 2.26. The summed E-state index contributed by atoms with van der Waals surface area (Å²) in [6, 6.07) is 13.9. The molecule has 2 aromatic carbocycles. The van der Waals surface area contributed by atoms with E-state index in [1.807, 2.05) is 67.8 Å². The van der Waals surface area contributed by atoms with Gasteiger partial charge < -0.3 is 25.0 Å². The fourth-order valence-electron chi connectivity index (χ4n) is 5.38. The number of ether oxygens (including phenoxy) is 2. The van der Waals surface area contributed by atoms with E-state index in [-0.39, 0.29) is 18.9 Å². The topological polar surface area (TPSA) is 114 Å². The van der Waals surface area contributed by atoms with Gasteiger partial charge in [0.25, 0.3) is 0 Å². The molecule has 0 saturated heterocycles. The van der Waals surface area contributed by atoms with Crippen LogP contribution in [0.5, 0.6) is 0 Å². The minimum atomic E-state index is -1.07. The molecule has 0 saturated carbocycles. The summed E-state index contributed by atoms with van der Waals surface area (Å²) in [6.07, 6.45) is 6.50. The molecule has 272 valence electrons. The summed E-state index contributed by atoms with van der Waals surface area (Å²) in [6.45, 7) is 15.0. The number of esters is 1. The van der Waals surface area contributed by atoms with Crippen molar-refractivity contribution in [3.63, 3.8) is 0 Å². The minimum Gasteiger partial charge on any atom is -0.458 e. The van der Waals surface area contributed by atoms with Gasteiger partial charge in [-0.1, -0.05) is 92.8 Å². The highest BCUT2D eigenvalue weighted by Gasteiger charge is 2.38. The minimum absolute atomic E-state index is 0.212. The van der Waals surface area contributed by atoms with E-state index in [1.165, 1.54) is 0 Å².